The number of aromatic nitrogens is 2. The number of benzene rings is 2. The van der Waals surface area contributed by atoms with Crippen LogP contribution < -0.4 is 10.3 Å². The van der Waals surface area contributed by atoms with Crippen LogP contribution >= 0.6 is 15.9 Å². The van der Waals surface area contributed by atoms with Crippen LogP contribution in [-0.4, -0.2) is 32.9 Å². The summed E-state index contributed by atoms with van der Waals surface area (Å²) in [6.45, 7) is 5.76. The van der Waals surface area contributed by atoms with Gasteiger partial charge < -0.3 is 14.6 Å². The Bertz CT molecular complexity index is 1030. The van der Waals surface area contributed by atoms with Gasteiger partial charge in [0, 0.05) is 10.5 Å². The van der Waals surface area contributed by atoms with E-state index in [2.05, 4.69) is 25.9 Å². The molecule has 7 heteroatoms. The Balaban J connectivity index is 1.80. The van der Waals surface area contributed by atoms with Crippen LogP contribution in [0.4, 0.5) is 0 Å². The van der Waals surface area contributed by atoms with Crippen molar-refractivity contribution in [3.8, 4) is 5.75 Å². The van der Waals surface area contributed by atoms with Gasteiger partial charge in [0.25, 0.3) is 11.5 Å². The highest BCUT2D eigenvalue weighted by molar-refractivity contribution is 9.10. The maximum absolute atomic E-state index is 13.0. The van der Waals surface area contributed by atoms with Gasteiger partial charge in [0.05, 0.1) is 17.4 Å². The first kappa shape index (κ1) is 20.1. The number of ether oxygens (including phenoxy) is 1. The summed E-state index contributed by atoms with van der Waals surface area (Å²) >= 11 is 3.38. The van der Waals surface area contributed by atoms with Gasteiger partial charge in [-0.25, -0.2) is 4.98 Å². The molecule has 3 rings (SSSR count). The zero-order chi connectivity index (χ0) is 20.3. The van der Waals surface area contributed by atoms with Crippen molar-refractivity contribution >= 4 is 32.7 Å². The van der Waals surface area contributed by atoms with Crippen molar-refractivity contribution in [2.24, 2.45) is 0 Å². The van der Waals surface area contributed by atoms with Crippen LogP contribution in [0.3, 0.4) is 0 Å². The van der Waals surface area contributed by atoms with Crippen LogP contribution in [0.5, 0.6) is 5.75 Å². The number of carbonyl (C=O) groups excluding carboxylic acids is 1. The second-order valence-electron chi connectivity index (χ2n) is 6.80. The fourth-order valence-electron chi connectivity index (χ4n) is 2.89. The van der Waals surface area contributed by atoms with Gasteiger partial charge in [-0.05, 0) is 57.2 Å². The van der Waals surface area contributed by atoms with Crippen molar-refractivity contribution in [3.05, 3.63) is 69.2 Å². The first-order chi connectivity index (χ1) is 13.3. The molecule has 0 spiro atoms. The van der Waals surface area contributed by atoms with E-state index in [1.807, 2.05) is 32.0 Å². The first-order valence-corrected chi connectivity index (χ1v) is 9.85. The molecule has 0 aliphatic carbocycles. The van der Waals surface area contributed by atoms with Gasteiger partial charge in [-0.2, -0.15) is 0 Å². The minimum atomic E-state index is -0.671. The molecule has 1 atom stereocenters. The smallest absolute Gasteiger partial charge is 0.263 e. The second kappa shape index (κ2) is 8.56. The summed E-state index contributed by atoms with van der Waals surface area (Å²) in [6, 6.07) is 14.4. The Kier molecular flexibility index (Phi) is 6.14. The van der Waals surface area contributed by atoms with Gasteiger partial charge in [0.15, 0.2) is 6.10 Å². The number of hydrogen-bond donors (Lipinski definition) is 1. The summed E-state index contributed by atoms with van der Waals surface area (Å²) in [5, 5.41) is 0.528. The van der Waals surface area contributed by atoms with E-state index in [-0.39, 0.29) is 24.1 Å². The van der Waals surface area contributed by atoms with Crippen LogP contribution in [0, 0.1) is 0 Å². The van der Waals surface area contributed by atoms with Crippen molar-refractivity contribution in [2.75, 3.05) is 0 Å². The molecule has 3 aromatic rings. The predicted molar refractivity (Wildman–Crippen MR) is 112 cm³/mol. The Hall–Kier alpha value is -2.67. The van der Waals surface area contributed by atoms with Gasteiger partial charge in [-0.1, -0.05) is 28.1 Å². The number of aromatic amines is 1. The lowest BCUT2D eigenvalue weighted by atomic mass is 10.2. The van der Waals surface area contributed by atoms with Crippen molar-refractivity contribution in [1.29, 1.82) is 0 Å². The summed E-state index contributed by atoms with van der Waals surface area (Å²) in [7, 11) is 0. The third kappa shape index (κ3) is 4.59. The van der Waals surface area contributed by atoms with Gasteiger partial charge in [-0.3, -0.25) is 9.59 Å². The molecule has 1 amide bonds. The molecule has 1 unspecified atom stereocenters. The number of hydrogen-bond acceptors (Lipinski definition) is 4. The van der Waals surface area contributed by atoms with E-state index in [0.29, 0.717) is 22.5 Å². The summed E-state index contributed by atoms with van der Waals surface area (Å²) in [6.07, 6.45) is -0.671. The topological polar surface area (TPSA) is 75.3 Å². The van der Waals surface area contributed by atoms with E-state index >= 15 is 0 Å². The fourth-order valence-corrected chi connectivity index (χ4v) is 3.15. The van der Waals surface area contributed by atoms with Gasteiger partial charge in [0.2, 0.25) is 0 Å². The molecule has 0 radical (unpaired) electrons. The van der Waals surface area contributed by atoms with Crippen molar-refractivity contribution in [2.45, 2.75) is 39.5 Å². The second-order valence-corrected chi connectivity index (χ2v) is 7.72. The monoisotopic (exact) mass is 443 g/mol. The molecular weight excluding hydrogens is 422 g/mol. The zero-order valence-electron chi connectivity index (χ0n) is 16.0. The SMILES string of the molecule is CC(Oc1ccc(Br)cc1)C(=O)N(Cc1nc2ccccc2c(=O)[nH]1)C(C)C. The van der Waals surface area contributed by atoms with Gasteiger partial charge in [-0.15, -0.1) is 0 Å². The number of fused-ring (bicyclic) bond motifs is 1. The van der Waals surface area contributed by atoms with Crippen LogP contribution in [0.2, 0.25) is 0 Å². The lowest BCUT2D eigenvalue weighted by molar-refractivity contribution is -0.140. The number of halogens is 1. The van der Waals surface area contributed by atoms with E-state index < -0.39 is 6.10 Å². The molecule has 1 N–H and O–H groups in total. The summed E-state index contributed by atoms with van der Waals surface area (Å²) in [5.41, 5.74) is 0.396. The molecule has 0 fully saturated rings. The number of para-hydroxylation sites is 1. The molecule has 28 heavy (non-hydrogen) atoms. The zero-order valence-corrected chi connectivity index (χ0v) is 17.6. The minimum Gasteiger partial charge on any atom is -0.481 e. The maximum Gasteiger partial charge on any atom is 0.263 e. The lowest BCUT2D eigenvalue weighted by Crippen LogP contribution is -2.44. The third-order valence-electron chi connectivity index (χ3n) is 4.36. The van der Waals surface area contributed by atoms with E-state index in [1.165, 1.54) is 0 Å². The van der Waals surface area contributed by atoms with Crippen molar-refractivity contribution < 1.29 is 9.53 Å². The van der Waals surface area contributed by atoms with Crippen LogP contribution in [-0.2, 0) is 11.3 Å². The normalized spacial score (nSPS) is 12.2. The average Bonchev–Trinajstić information content (AvgIpc) is 2.67. The molecule has 0 aliphatic heterocycles. The number of carbonyl (C=O) groups is 1. The maximum atomic E-state index is 13.0. The average molecular weight is 444 g/mol. The molecule has 2 aromatic carbocycles. The molecule has 6 nitrogen and oxygen atoms in total. The molecule has 0 aliphatic rings. The highest BCUT2D eigenvalue weighted by Gasteiger charge is 2.25. The van der Waals surface area contributed by atoms with E-state index in [1.54, 1.807) is 42.2 Å². The molecule has 146 valence electrons. The summed E-state index contributed by atoms with van der Waals surface area (Å²) < 4.78 is 6.73. The van der Waals surface area contributed by atoms with Crippen molar-refractivity contribution in [1.82, 2.24) is 14.9 Å². The highest BCUT2D eigenvalue weighted by atomic mass is 79.9. The molecule has 1 heterocycles. The number of rotatable bonds is 6. The number of amides is 1. The van der Waals surface area contributed by atoms with E-state index in [4.69, 9.17) is 4.74 Å². The fraction of sp³-hybridized carbons (Fsp3) is 0.286. The number of nitrogens with one attached hydrogen (secondary N) is 1. The Labute approximate surface area is 171 Å². The van der Waals surface area contributed by atoms with Crippen LogP contribution in [0.15, 0.2) is 57.8 Å². The van der Waals surface area contributed by atoms with Crippen LogP contribution in [0.1, 0.15) is 26.6 Å². The van der Waals surface area contributed by atoms with Crippen LogP contribution in [0.25, 0.3) is 10.9 Å². The summed E-state index contributed by atoms with van der Waals surface area (Å²) in [4.78, 5) is 34.2. The molecular formula is C21H22BrN3O3. The Morgan fingerprint density at radius 3 is 2.50 bits per heavy atom. The molecule has 1 aromatic heterocycles. The Morgan fingerprint density at radius 1 is 1.14 bits per heavy atom. The molecule has 0 saturated heterocycles. The summed E-state index contributed by atoms with van der Waals surface area (Å²) in [5.74, 6) is 0.889. The van der Waals surface area contributed by atoms with E-state index in [0.717, 1.165) is 4.47 Å². The molecule has 0 saturated carbocycles. The highest BCUT2D eigenvalue weighted by Crippen LogP contribution is 2.19. The van der Waals surface area contributed by atoms with Crippen molar-refractivity contribution in [3.63, 3.8) is 0 Å². The van der Waals surface area contributed by atoms with E-state index in [9.17, 15) is 9.59 Å². The standard InChI is InChI=1S/C21H22BrN3O3/c1-13(2)25(21(27)14(3)28-16-10-8-15(22)9-11-16)12-19-23-18-7-5-4-6-17(18)20(26)24-19/h4-11,13-14H,12H2,1-3H3,(H,23,24,26). The predicted octanol–water partition coefficient (Wildman–Crippen LogP) is 3.89. The molecule has 0 bridgehead atoms. The Morgan fingerprint density at radius 2 is 1.82 bits per heavy atom. The largest absolute Gasteiger partial charge is 0.481 e. The number of nitrogens with zero attached hydrogens (tertiary/aromatic N) is 2. The first-order valence-electron chi connectivity index (χ1n) is 9.06. The van der Waals surface area contributed by atoms with Gasteiger partial charge in [0.1, 0.15) is 11.6 Å². The quantitative estimate of drug-likeness (QED) is 0.626. The number of H-pyrrole nitrogens is 1. The lowest BCUT2D eigenvalue weighted by Gasteiger charge is -2.29. The third-order valence-corrected chi connectivity index (χ3v) is 4.89. The minimum absolute atomic E-state index is 0.0831. The van der Waals surface area contributed by atoms with Gasteiger partial charge >= 0.3 is 0 Å².